The molecule has 0 aromatic carbocycles. The molecule has 3 aliphatic heterocycles. The minimum Gasteiger partial charge on any atom is -0.507 e. The molecule has 9 N–H and O–H groups in total. The molecule has 0 aromatic heterocycles. The third-order valence-corrected chi connectivity index (χ3v) is 10.7. The van der Waals surface area contributed by atoms with Crippen LogP contribution in [0.15, 0.2) is 95.4 Å². The third-order valence-electron chi connectivity index (χ3n) is 10.7. The zero-order chi connectivity index (χ0) is 42.0. The number of allylic oxidation sites excluding steroid dienone is 10. The van der Waals surface area contributed by atoms with Crippen molar-refractivity contribution < 1.29 is 59.6 Å². The van der Waals surface area contributed by atoms with Gasteiger partial charge in [0.05, 0.1) is 30.3 Å². The Morgan fingerprint density at radius 1 is 0.982 bits per heavy atom. The Hall–Kier alpha value is -3.99. The zero-order valence-corrected chi connectivity index (χ0v) is 33.2. The summed E-state index contributed by atoms with van der Waals surface area (Å²) in [7, 11) is 0. The van der Waals surface area contributed by atoms with Crippen LogP contribution in [-0.2, 0) is 23.9 Å². The molecule has 2 amide bonds. The molecular weight excluding hydrogens is 724 g/mol. The summed E-state index contributed by atoms with van der Waals surface area (Å²) < 4.78 is 11.9. The second kappa shape index (κ2) is 20.4. The molecule has 56 heavy (non-hydrogen) atoms. The van der Waals surface area contributed by atoms with Crippen molar-refractivity contribution in [2.75, 3.05) is 13.1 Å². The molecule has 14 nitrogen and oxygen atoms in total. The Kier molecular flexibility index (Phi) is 16.9. The number of carbonyl (C=O) groups excluding carboxylic acids is 3. The molecule has 3 saturated heterocycles. The summed E-state index contributed by atoms with van der Waals surface area (Å²) >= 11 is 0. The molecule has 0 aliphatic carbocycles. The Morgan fingerprint density at radius 3 is 2.30 bits per heavy atom. The molecule has 310 valence electrons. The van der Waals surface area contributed by atoms with E-state index in [1.54, 1.807) is 102 Å². The summed E-state index contributed by atoms with van der Waals surface area (Å²) in [6.45, 7) is 12.1. The molecule has 3 aliphatic rings. The largest absolute Gasteiger partial charge is 0.507 e. The quantitative estimate of drug-likeness (QED) is 0.0503. The predicted molar refractivity (Wildman–Crippen MR) is 209 cm³/mol. The number of carbonyl (C=O) groups is 3. The number of amides is 2. The molecule has 6 unspecified atom stereocenters. The van der Waals surface area contributed by atoms with E-state index < -0.39 is 95.2 Å². The maximum atomic E-state index is 13.2. The van der Waals surface area contributed by atoms with Gasteiger partial charge in [0.2, 0.25) is 11.7 Å². The van der Waals surface area contributed by atoms with Crippen molar-refractivity contribution in [3.05, 3.63) is 95.4 Å². The minimum atomic E-state index is -2.36. The van der Waals surface area contributed by atoms with Crippen LogP contribution in [0.1, 0.15) is 61.3 Å². The number of aliphatic hydroxyl groups is 7. The highest BCUT2D eigenvalue weighted by molar-refractivity contribution is 6.21. The summed E-state index contributed by atoms with van der Waals surface area (Å²) in [4.78, 5) is 37.3. The van der Waals surface area contributed by atoms with Crippen molar-refractivity contribution in [1.82, 2.24) is 10.6 Å². The fraction of sp³-hybridized carbons (Fsp3) is 0.548. The first-order chi connectivity index (χ1) is 26.3. The van der Waals surface area contributed by atoms with Crippen LogP contribution in [0.5, 0.6) is 0 Å². The highest BCUT2D eigenvalue weighted by Crippen LogP contribution is 2.44. The summed E-state index contributed by atoms with van der Waals surface area (Å²) in [5.74, 6) is -6.25. The molecule has 14 heteroatoms. The Morgan fingerprint density at radius 2 is 1.66 bits per heavy atom. The molecule has 0 bridgehead atoms. The lowest BCUT2D eigenvalue weighted by atomic mass is 9.71. The molecule has 0 aromatic rings. The van der Waals surface area contributed by atoms with Gasteiger partial charge >= 0.3 is 0 Å². The van der Waals surface area contributed by atoms with E-state index in [4.69, 9.17) is 9.47 Å². The summed E-state index contributed by atoms with van der Waals surface area (Å²) in [5, 5.41) is 81.5. The van der Waals surface area contributed by atoms with E-state index in [2.05, 4.69) is 10.6 Å². The second-order valence-corrected chi connectivity index (χ2v) is 15.1. The number of nitrogens with one attached hydrogen (secondary N) is 2. The van der Waals surface area contributed by atoms with Crippen molar-refractivity contribution in [3.63, 3.8) is 0 Å². The van der Waals surface area contributed by atoms with Gasteiger partial charge in [-0.05, 0) is 38.3 Å². The van der Waals surface area contributed by atoms with Crippen LogP contribution in [0.2, 0.25) is 0 Å². The van der Waals surface area contributed by atoms with Gasteiger partial charge in [0.15, 0.2) is 5.78 Å². The van der Waals surface area contributed by atoms with Crippen molar-refractivity contribution >= 4 is 17.6 Å². The maximum absolute atomic E-state index is 13.2. The van der Waals surface area contributed by atoms with E-state index in [-0.39, 0.29) is 31.5 Å². The zero-order valence-electron chi connectivity index (χ0n) is 33.2. The van der Waals surface area contributed by atoms with Crippen LogP contribution in [0, 0.1) is 17.3 Å². The van der Waals surface area contributed by atoms with Gasteiger partial charge in [-0.1, -0.05) is 101 Å². The number of rotatable bonds is 15. The average Bonchev–Trinajstić information content (AvgIpc) is 3.44. The van der Waals surface area contributed by atoms with Gasteiger partial charge in [-0.3, -0.25) is 14.4 Å². The SMILES string of the molecule is C/C=C\C=C\C1OC(O)([C@H](CC)C(=O)NC/C=C/C=C(\C)[C@@H](O)[C@@H](C)C2OC(/C=C/C=C/C=C(\C)C(O)=C3C(=O)CCNC3=O)[C@H](O)[C@@H]2O)C(O)C(O)C1(C)C. The number of piperidine rings is 1. The van der Waals surface area contributed by atoms with E-state index in [1.807, 2.05) is 6.92 Å². The second-order valence-electron chi connectivity index (χ2n) is 15.1. The van der Waals surface area contributed by atoms with Gasteiger partial charge < -0.3 is 55.9 Å². The molecule has 3 fully saturated rings. The number of hydrogen-bond donors (Lipinski definition) is 9. The standard InChI is InChI=1S/C42H60N2O12/c1-8-10-12-20-30-41(6,7)37(50)38(51)42(54,56-30)27(9-2)39(52)43-22-16-15-18-24(3)32(46)26(5)36-35(49)34(48)29(55-36)19-14-11-13-17-25(4)33(47)31-28(45)21-23-44-40(31)53/h8,10-20,26-27,29-30,32,34-38,46-51,54H,9,21-23H2,1-7H3,(H,43,52)(H,44,53)/b10-8-,13-11+,16-15+,19-14+,20-12+,24-18+,25-17+,33-31?/t26-,27-,29?,30?,32-,34+,35+,36?,37?,38?,42?/m1/s1. The van der Waals surface area contributed by atoms with Crippen molar-refractivity contribution in [1.29, 1.82) is 0 Å². The minimum absolute atomic E-state index is 0.0415. The first kappa shape index (κ1) is 46.4. The number of hydrogen-bond acceptors (Lipinski definition) is 12. The topological polar surface area (TPSA) is 235 Å². The van der Waals surface area contributed by atoms with Gasteiger partial charge in [0, 0.05) is 30.8 Å². The van der Waals surface area contributed by atoms with Crippen LogP contribution >= 0.6 is 0 Å². The Balaban J connectivity index is 1.57. The van der Waals surface area contributed by atoms with E-state index in [9.17, 15) is 50.1 Å². The van der Waals surface area contributed by atoms with Gasteiger partial charge in [-0.15, -0.1) is 0 Å². The van der Waals surface area contributed by atoms with Crippen molar-refractivity contribution in [2.24, 2.45) is 17.3 Å². The molecule has 11 atom stereocenters. The summed E-state index contributed by atoms with van der Waals surface area (Å²) in [6.07, 6.45) is 10.4. The van der Waals surface area contributed by atoms with Crippen molar-refractivity contribution in [3.8, 4) is 0 Å². The molecule has 0 saturated carbocycles. The molecule has 3 heterocycles. The Bertz CT molecular complexity index is 1640. The van der Waals surface area contributed by atoms with E-state index in [0.29, 0.717) is 11.1 Å². The smallest absolute Gasteiger partial charge is 0.258 e. The lowest BCUT2D eigenvalue weighted by Crippen LogP contribution is -2.69. The average molecular weight is 785 g/mol. The lowest BCUT2D eigenvalue weighted by molar-refractivity contribution is -0.359. The van der Waals surface area contributed by atoms with Crippen LogP contribution in [0.3, 0.4) is 0 Å². The predicted octanol–water partition coefficient (Wildman–Crippen LogP) is 2.05. The normalized spacial score (nSPS) is 33.2. The molecule has 0 spiro atoms. The van der Waals surface area contributed by atoms with Crippen LogP contribution in [0.25, 0.3) is 0 Å². The summed E-state index contributed by atoms with van der Waals surface area (Å²) in [6, 6.07) is 0. The Labute approximate surface area is 329 Å². The van der Waals surface area contributed by atoms with Gasteiger partial charge in [0.25, 0.3) is 5.91 Å². The fourth-order valence-electron chi connectivity index (χ4n) is 6.92. The highest BCUT2D eigenvalue weighted by atomic mass is 16.7. The first-order valence-electron chi connectivity index (χ1n) is 19.0. The van der Waals surface area contributed by atoms with Gasteiger partial charge in [0.1, 0.15) is 35.7 Å². The van der Waals surface area contributed by atoms with Gasteiger partial charge in [-0.2, -0.15) is 0 Å². The van der Waals surface area contributed by atoms with Crippen LogP contribution < -0.4 is 10.6 Å². The van der Waals surface area contributed by atoms with Crippen molar-refractivity contribution in [2.45, 2.75) is 116 Å². The van der Waals surface area contributed by atoms with Gasteiger partial charge in [-0.25, -0.2) is 0 Å². The number of ketones is 1. The lowest BCUT2D eigenvalue weighted by Gasteiger charge is -2.53. The molecule has 3 rings (SSSR count). The monoisotopic (exact) mass is 784 g/mol. The van der Waals surface area contributed by atoms with E-state index in [0.717, 1.165) is 0 Å². The van der Waals surface area contributed by atoms with Crippen LogP contribution in [-0.4, -0.2) is 121 Å². The van der Waals surface area contributed by atoms with E-state index >= 15 is 0 Å². The third kappa shape index (κ3) is 10.7. The fourth-order valence-corrected chi connectivity index (χ4v) is 6.92. The highest BCUT2D eigenvalue weighted by Gasteiger charge is 2.60. The van der Waals surface area contributed by atoms with Crippen LogP contribution in [0.4, 0.5) is 0 Å². The maximum Gasteiger partial charge on any atom is 0.258 e. The first-order valence-corrected chi connectivity index (χ1v) is 19.0. The number of aliphatic hydroxyl groups excluding tert-OH is 6. The number of ether oxygens (including phenoxy) is 2. The summed E-state index contributed by atoms with van der Waals surface area (Å²) in [5.41, 5.74) is -0.412. The van der Waals surface area contributed by atoms with E-state index in [1.165, 1.54) is 12.2 Å². The molecular formula is C42H60N2O12. The number of Topliss-reactive ketones (excluding diaryl/α,β-unsaturated/α-hetero) is 1. The molecule has 0 radical (unpaired) electrons.